The first-order chi connectivity index (χ1) is 8.36. The number of hydrogen-bond donors (Lipinski definition) is 1. The van der Waals surface area contributed by atoms with Gasteiger partial charge in [0.25, 0.3) is 0 Å². The average molecular weight is 219 g/mol. The summed E-state index contributed by atoms with van der Waals surface area (Å²) in [5.74, 6) is 6.00. The minimum atomic E-state index is 0.716. The third-order valence-electron chi connectivity index (χ3n) is 2.33. The molecule has 0 amide bonds. The molecule has 1 nitrogen and oxygen atoms in total. The third-order valence-corrected chi connectivity index (χ3v) is 2.33. The second kappa shape index (κ2) is 5.58. The molecule has 0 fully saturated rings. The van der Waals surface area contributed by atoms with E-state index in [0.717, 1.165) is 11.1 Å². The number of nitrogen functional groups attached to an aromatic ring is 1. The van der Waals surface area contributed by atoms with Gasteiger partial charge in [0.15, 0.2) is 0 Å². The second-order valence-corrected chi connectivity index (χ2v) is 3.60. The molecule has 0 aliphatic heterocycles. The van der Waals surface area contributed by atoms with E-state index in [0.29, 0.717) is 5.69 Å². The number of benzene rings is 2. The Bertz CT molecular complexity index is 571. The Hall–Kier alpha value is -2.46. The van der Waals surface area contributed by atoms with Crippen LogP contribution in [0, 0.1) is 11.8 Å². The molecule has 0 unspecified atom stereocenters. The predicted octanol–water partition coefficient (Wildman–Crippen LogP) is 3.33. The van der Waals surface area contributed by atoms with E-state index in [4.69, 9.17) is 5.73 Å². The van der Waals surface area contributed by atoms with Gasteiger partial charge in [0.05, 0.1) is 0 Å². The van der Waals surface area contributed by atoms with E-state index in [1.54, 1.807) is 0 Å². The highest BCUT2D eigenvalue weighted by molar-refractivity contribution is 5.58. The summed E-state index contributed by atoms with van der Waals surface area (Å²) in [5.41, 5.74) is 8.51. The molecule has 0 spiro atoms. The van der Waals surface area contributed by atoms with Gasteiger partial charge >= 0.3 is 0 Å². The lowest BCUT2D eigenvalue weighted by atomic mass is 10.2. The molecule has 0 aromatic heterocycles. The third kappa shape index (κ3) is 3.25. The largest absolute Gasteiger partial charge is 0.398 e. The van der Waals surface area contributed by atoms with E-state index in [9.17, 15) is 0 Å². The van der Waals surface area contributed by atoms with Crippen molar-refractivity contribution < 1.29 is 0 Å². The highest BCUT2D eigenvalue weighted by atomic mass is 14.5. The van der Waals surface area contributed by atoms with Crippen molar-refractivity contribution >= 4 is 11.8 Å². The van der Waals surface area contributed by atoms with Crippen LogP contribution in [-0.2, 0) is 0 Å². The fourth-order valence-corrected chi connectivity index (χ4v) is 1.43. The number of rotatable bonds is 1. The fraction of sp³-hybridized carbons (Fsp3) is 0. The first-order valence-corrected chi connectivity index (χ1v) is 5.44. The fourth-order valence-electron chi connectivity index (χ4n) is 1.43. The van der Waals surface area contributed by atoms with Gasteiger partial charge in [-0.05, 0) is 29.8 Å². The van der Waals surface area contributed by atoms with Crippen molar-refractivity contribution in [2.75, 3.05) is 5.73 Å². The molecule has 0 bridgehead atoms. The van der Waals surface area contributed by atoms with Crippen LogP contribution in [0.3, 0.4) is 0 Å². The number of nitrogens with two attached hydrogens (primary N) is 1. The molecule has 2 N–H and O–H groups in total. The van der Waals surface area contributed by atoms with Gasteiger partial charge in [-0.1, -0.05) is 54.3 Å². The predicted molar refractivity (Wildman–Crippen MR) is 73.2 cm³/mol. The molecule has 82 valence electrons. The monoisotopic (exact) mass is 219 g/mol. The van der Waals surface area contributed by atoms with Crippen molar-refractivity contribution in [1.29, 1.82) is 0 Å². The van der Waals surface area contributed by atoms with Crippen LogP contribution in [-0.4, -0.2) is 0 Å². The van der Waals surface area contributed by atoms with Gasteiger partial charge in [0.1, 0.15) is 0 Å². The summed E-state index contributed by atoms with van der Waals surface area (Å²) in [7, 11) is 0. The van der Waals surface area contributed by atoms with Crippen LogP contribution in [0.2, 0.25) is 0 Å². The maximum atomic E-state index is 5.79. The standard InChI is InChI=1S/C16H13N/c17-16-13-7-6-12-15(16)11-5-4-10-14-8-2-1-3-9-14/h1-4,6-10,12-13H,17H2/b10-4+. The van der Waals surface area contributed by atoms with Crippen LogP contribution in [0.1, 0.15) is 11.1 Å². The van der Waals surface area contributed by atoms with Crippen molar-refractivity contribution in [3.05, 3.63) is 71.8 Å². The molecular formula is C16H13N. The zero-order valence-corrected chi connectivity index (χ0v) is 9.43. The van der Waals surface area contributed by atoms with Crippen molar-refractivity contribution in [3.8, 4) is 11.8 Å². The van der Waals surface area contributed by atoms with E-state index in [-0.39, 0.29) is 0 Å². The number of hydrogen-bond acceptors (Lipinski definition) is 1. The quantitative estimate of drug-likeness (QED) is 0.577. The lowest BCUT2D eigenvalue weighted by Crippen LogP contribution is -1.87. The van der Waals surface area contributed by atoms with Gasteiger partial charge < -0.3 is 5.73 Å². The molecule has 1 heteroatoms. The van der Waals surface area contributed by atoms with Crippen LogP contribution >= 0.6 is 0 Å². The summed E-state index contributed by atoms with van der Waals surface area (Å²) in [6.45, 7) is 0. The summed E-state index contributed by atoms with van der Waals surface area (Å²) < 4.78 is 0. The summed E-state index contributed by atoms with van der Waals surface area (Å²) in [4.78, 5) is 0. The lowest BCUT2D eigenvalue weighted by molar-refractivity contribution is 1.63. The Kier molecular flexibility index (Phi) is 3.62. The maximum Gasteiger partial charge on any atom is 0.0478 e. The van der Waals surface area contributed by atoms with Gasteiger partial charge in [-0.2, -0.15) is 0 Å². The molecule has 0 saturated heterocycles. The summed E-state index contributed by atoms with van der Waals surface area (Å²) in [5, 5.41) is 0. The molecular weight excluding hydrogens is 206 g/mol. The summed E-state index contributed by atoms with van der Waals surface area (Å²) >= 11 is 0. The summed E-state index contributed by atoms with van der Waals surface area (Å²) in [6, 6.07) is 17.7. The van der Waals surface area contributed by atoms with E-state index in [1.807, 2.05) is 66.7 Å². The Morgan fingerprint density at radius 2 is 1.59 bits per heavy atom. The number of para-hydroxylation sites is 1. The molecule has 0 radical (unpaired) electrons. The van der Waals surface area contributed by atoms with E-state index in [1.165, 1.54) is 0 Å². The number of allylic oxidation sites excluding steroid dienone is 1. The minimum Gasteiger partial charge on any atom is -0.398 e. The zero-order chi connectivity index (χ0) is 11.9. The van der Waals surface area contributed by atoms with Gasteiger partial charge in [-0.15, -0.1) is 0 Å². The van der Waals surface area contributed by atoms with Crippen molar-refractivity contribution in [2.24, 2.45) is 0 Å². The first-order valence-electron chi connectivity index (χ1n) is 5.44. The second-order valence-electron chi connectivity index (χ2n) is 3.60. The van der Waals surface area contributed by atoms with Crippen molar-refractivity contribution in [3.63, 3.8) is 0 Å². The van der Waals surface area contributed by atoms with Gasteiger partial charge in [0, 0.05) is 11.3 Å². The molecule has 2 aromatic carbocycles. The SMILES string of the molecule is Nc1ccccc1C#C/C=C/c1ccccc1. The Morgan fingerprint density at radius 3 is 2.35 bits per heavy atom. The van der Waals surface area contributed by atoms with Crippen LogP contribution in [0.5, 0.6) is 0 Å². The van der Waals surface area contributed by atoms with Crippen molar-refractivity contribution in [1.82, 2.24) is 0 Å². The van der Waals surface area contributed by atoms with Crippen LogP contribution in [0.4, 0.5) is 5.69 Å². The molecule has 0 saturated carbocycles. The topological polar surface area (TPSA) is 26.0 Å². The normalized spacial score (nSPS) is 9.88. The number of anilines is 1. The minimum absolute atomic E-state index is 0.716. The van der Waals surface area contributed by atoms with Gasteiger partial charge in [-0.25, -0.2) is 0 Å². The molecule has 17 heavy (non-hydrogen) atoms. The molecule has 2 aromatic rings. The van der Waals surface area contributed by atoms with Crippen LogP contribution in [0.15, 0.2) is 60.7 Å². The Labute approximate surface area is 102 Å². The highest BCUT2D eigenvalue weighted by Gasteiger charge is 1.89. The summed E-state index contributed by atoms with van der Waals surface area (Å²) in [6.07, 6.45) is 3.81. The molecule has 0 aliphatic rings. The van der Waals surface area contributed by atoms with Crippen LogP contribution in [0.25, 0.3) is 6.08 Å². The average Bonchev–Trinajstić information content (AvgIpc) is 2.38. The molecule has 2 rings (SSSR count). The van der Waals surface area contributed by atoms with E-state index in [2.05, 4.69) is 11.8 Å². The van der Waals surface area contributed by atoms with E-state index < -0.39 is 0 Å². The van der Waals surface area contributed by atoms with Gasteiger partial charge in [-0.3, -0.25) is 0 Å². The van der Waals surface area contributed by atoms with Gasteiger partial charge in [0.2, 0.25) is 0 Å². The zero-order valence-electron chi connectivity index (χ0n) is 9.43. The smallest absolute Gasteiger partial charge is 0.0478 e. The first kappa shape index (κ1) is 11.0. The van der Waals surface area contributed by atoms with Crippen molar-refractivity contribution in [2.45, 2.75) is 0 Å². The van der Waals surface area contributed by atoms with Crippen LogP contribution < -0.4 is 5.73 Å². The lowest BCUT2D eigenvalue weighted by Gasteiger charge is -1.94. The molecule has 0 aliphatic carbocycles. The maximum absolute atomic E-state index is 5.79. The molecule has 0 heterocycles. The Balaban J connectivity index is 2.09. The molecule has 0 atom stereocenters. The highest BCUT2D eigenvalue weighted by Crippen LogP contribution is 2.08. The Morgan fingerprint density at radius 1 is 0.882 bits per heavy atom. The van der Waals surface area contributed by atoms with E-state index >= 15 is 0 Å².